The molecule has 0 radical (unpaired) electrons. The Bertz CT molecular complexity index is 1030. The van der Waals surface area contributed by atoms with Crippen LogP contribution in [0.15, 0.2) is 47.3 Å². The van der Waals surface area contributed by atoms with E-state index in [4.69, 9.17) is 0 Å². The van der Waals surface area contributed by atoms with Crippen LogP contribution in [0.1, 0.15) is 30.9 Å². The number of carbonyl (C=O) groups is 1. The minimum atomic E-state index is -0.0665. The van der Waals surface area contributed by atoms with Crippen LogP contribution in [-0.2, 0) is 30.7 Å². The number of benzene rings is 2. The number of nitrogens with one attached hydrogen (secondary N) is 1. The molecule has 4 rings (SSSR count). The molecular weight excluding hydrogens is 326 g/mol. The van der Waals surface area contributed by atoms with Gasteiger partial charge in [0.25, 0.3) is 0 Å². The zero-order valence-corrected chi connectivity index (χ0v) is 15.0. The fourth-order valence-corrected chi connectivity index (χ4v) is 3.88. The van der Waals surface area contributed by atoms with Crippen LogP contribution in [0.5, 0.6) is 0 Å². The van der Waals surface area contributed by atoms with Crippen LogP contribution >= 0.6 is 0 Å². The number of hydrogen-bond acceptors (Lipinski definition) is 2. The molecule has 26 heavy (non-hydrogen) atoms. The minimum Gasteiger partial charge on any atom is -0.326 e. The van der Waals surface area contributed by atoms with Crippen LogP contribution < -0.4 is 11.0 Å². The molecule has 1 heterocycles. The Labute approximate surface area is 152 Å². The number of aryl methyl sites for hydroxylation is 4. The molecule has 134 valence electrons. The molecule has 0 aliphatic heterocycles. The number of imidazole rings is 1. The summed E-state index contributed by atoms with van der Waals surface area (Å²) in [5.74, 6) is -0.0665. The smallest absolute Gasteiger partial charge is 0.326 e. The van der Waals surface area contributed by atoms with E-state index in [1.165, 1.54) is 17.5 Å². The molecule has 0 saturated heterocycles. The molecule has 0 fully saturated rings. The minimum absolute atomic E-state index is 0.0565. The van der Waals surface area contributed by atoms with Gasteiger partial charge in [0, 0.05) is 25.2 Å². The van der Waals surface area contributed by atoms with Gasteiger partial charge in [0.15, 0.2) is 0 Å². The lowest BCUT2D eigenvalue weighted by Gasteiger charge is -2.08. The Morgan fingerprint density at radius 3 is 2.54 bits per heavy atom. The first kappa shape index (κ1) is 16.6. The molecule has 3 aromatic rings. The highest BCUT2D eigenvalue weighted by Gasteiger charge is 2.14. The molecule has 0 atom stereocenters. The van der Waals surface area contributed by atoms with Crippen LogP contribution in [0.3, 0.4) is 0 Å². The van der Waals surface area contributed by atoms with Gasteiger partial charge in [0.1, 0.15) is 0 Å². The van der Waals surface area contributed by atoms with Gasteiger partial charge in [-0.3, -0.25) is 13.9 Å². The lowest BCUT2D eigenvalue weighted by molar-refractivity contribution is -0.116. The quantitative estimate of drug-likeness (QED) is 0.768. The lowest BCUT2D eigenvalue weighted by atomic mass is 10.1. The highest BCUT2D eigenvalue weighted by molar-refractivity contribution is 5.91. The summed E-state index contributed by atoms with van der Waals surface area (Å²) in [7, 11) is 0. The largest absolute Gasteiger partial charge is 0.329 e. The Hall–Kier alpha value is -2.82. The standard InChI is InChI=1S/C21H23N3O2/c1-2-23-18-8-3-4-9-19(18)24(21(23)26)13-12-20(25)22-17-11-10-15-6-5-7-16(15)14-17/h3-4,8-11,14H,2,5-7,12-13H2,1H3,(H,22,25). The number of anilines is 1. The first-order valence-electron chi connectivity index (χ1n) is 9.27. The summed E-state index contributed by atoms with van der Waals surface area (Å²) in [6.45, 7) is 2.95. The first-order chi connectivity index (χ1) is 12.7. The van der Waals surface area contributed by atoms with E-state index in [-0.39, 0.29) is 18.0 Å². The topological polar surface area (TPSA) is 56.0 Å². The maximum absolute atomic E-state index is 12.6. The van der Waals surface area contributed by atoms with Crippen molar-refractivity contribution in [3.05, 3.63) is 64.1 Å². The van der Waals surface area contributed by atoms with E-state index in [0.29, 0.717) is 13.1 Å². The summed E-state index contributed by atoms with van der Waals surface area (Å²) in [4.78, 5) is 25.0. The van der Waals surface area contributed by atoms with Gasteiger partial charge in [-0.25, -0.2) is 4.79 Å². The number of hydrogen-bond donors (Lipinski definition) is 1. The molecule has 0 saturated carbocycles. The van der Waals surface area contributed by atoms with Gasteiger partial charge in [-0.1, -0.05) is 18.2 Å². The van der Waals surface area contributed by atoms with Crippen molar-refractivity contribution in [2.75, 3.05) is 5.32 Å². The molecule has 1 N–H and O–H groups in total. The molecule has 0 bridgehead atoms. The number of fused-ring (bicyclic) bond motifs is 2. The van der Waals surface area contributed by atoms with E-state index >= 15 is 0 Å². The van der Waals surface area contributed by atoms with Gasteiger partial charge in [0.05, 0.1) is 11.0 Å². The van der Waals surface area contributed by atoms with Gasteiger partial charge < -0.3 is 5.32 Å². The molecule has 1 aromatic heterocycles. The van der Waals surface area contributed by atoms with Crippen molar-refractivity contribution in [2.24, 2.45) is 0 Å². The van der Waals surface area contributed by atoms with Gasteiger partial charge in [-0.2, -0.15) is 0 Å². The van der Waals surface area contributed by atoms with Crippen molar-refractivity contribution >= 4 is 22.6 Å². The zero-order chi connectivity index (χ0) is 18.1. The number of rotatable bonds is 5. The van der Waals surface area contributed by atoms with E-state index < -0.39 is 0 Å². The van der Waals surface area contributed by atoms with E-state index in [9.17, 15) is 9.59 Å². The number of carbonyl (C=O) groups excluding carboxylic acids is 1. The van der Waals surface area contributed by atoms with Crippen molar-refractivity contribution in [3.8, 4) is 0 Å². The van der Waals surface area contributed by atoms with Crippen LogP contribution in [0.25, 0.3) is 11.0 Å². The van der Waals surface area contributed by atoms with Crippen molar-refractivity contribution in [2.45, 2.75) is 45.7 Å². The van der Waals surface area contributed by atoms with E-state index in [1.54, 1.807) is 9.13 Å². The molecule has 0 spiro atoms. The Kier molecular flexibility index (Phi) is 4.37. The first-order valence-corrected chi connectivity index (χ1v) is 9.27. The molecule has 1 aliphatic rings. The predicted molar refractivity (Wildman–Crippen MR) is 104 cm³/mol. The number of para-hydroxylation sites is 2. The third-order valence-electron chi connectivity index (χ3n) is 5.19. The summed E-state index contributed by atoms with van der Waals surface area (Å²) < 4.78 is 3.44. The highest BCUT2D eigenvalue weighted by atomic mass is 16.2. The molecule has 1 amide bonds. The Balaban J connectivity index is 1.49. The molecule has 5 nitrogen and oxygen atoms in total. The molecule has 5 heteroatoms. The highest BCUT2D eigenvalue weighted by Crippen LogP contribution is 2.25. The lowest BCUT2D eigenvalue weighted by Crippen LogP contribution is -2.25. The number of aromatic nitrogens is 2. The monoisotopic (exact) mass is 349 g/mol. The molecule has 1 aliphatic carbocycles. The maximum atomic E-state index is 12.6. The fraction of sp³-hybridized carbons (Fsp3) is 0.333. The number of nitrogens with zero attached hydrogens (tertiary/aromatic N) is 2. The average molecular weight is 349 g/mol. The van der Waals surface area contributed by atoms with Gasteiger partial charge in [-0.15, -0.1) is 0 Å². The molecule has 0 unspecified atom stereocenters. The van der Waals surface area contributed by atoms with Crippen LogP contribution in [0, 0.1) is 0 Å². The van der Waals surface area contributed by atoms with Gasteiger partial charge in [-0.05, 0) is 61.6 Å². The van der Waals surface area contributed by atoms with Crippen LogP contribution in [0.2, 0.25) is 0 Å². The van der Waals surface area contributed by atoms with Gasteiger partial charge in [0.2, 0.25) is 5.91 Å². The summed E-state index contributed by atoms with van der Waals surface area (Å²) >= 11 is 0. The van der Waals surface area contributed by atoms with Crippen molar-refractivity contribution in [1.82, 2.24) is 9.13 Å². The van der Waals surface area contributed by atoms with Crippen molar-refractivity contribution < 1.29 is 4.79 Å². The summed E-state index contributed by atoms with van der Waals surface area (Å²) in [6.07, 6.45) is 3.69. The Morgan fingerprint density at radius 1 is 1.04 bits per heavy atom. The second-order valence-electron chi connectivity index (χ2n) is 6.80. The molecule has 2 aromatic carbocycles. The van der Waals surface area contributed by atoms with Crippen molar-refractivity contribution in [3.63, 3.8) is 0 Å². The average Bonchev–Trinajstić information content (AvgIpc) is 3.21. The maximum Gasteiger partial charge on any atom is 0.329 e. The third-order valence-corrected chi connectivity index (χ3v) is 5.19. The van der Waals surface area contributed by atoms with Crippen LogP contribution in [-0.4, -0.2) is 15.0 Å². The summed E-state index contributed by atoms with van der Waals surface area (Å²) in [6, 6.07) is 13.9. The van der Waals surface area contributed by atoms with Crippen molar-refractivity contribution in [1.29, 1.82) is 0 Å². The second kappa shape index (κ2) is 6.83. The van der Waals surface area contributed by atoms with Crippen LogP contribution in [0.4, 0.5) is 5.69 Å². The van der Waals surface area contributed by atoms with E-state index in [2.05, 4.69) is 17.4 Å². The second-order valence-corrected chi connectivity index (χ2v) is 6.80. The zero-order valence-electron chi connectivity index (χ0n) is 15.0. The molecular formula is C21H23N3O2. The van der Waals surface area contributed by atoms with E-state index in [1.807, 2.05) is 37.3 Å². The third kappa shape index (κ3) is 2.94. The number of amides is 1. The normalized spacial score (nSPS) is 13.1. The Morgan fingerprint density at radius 2 is 1.77 bits per heavy atom. The SMILES string of the molecule is CCn1c(=O)n(CCC(=O)Nc2ccc3c(c2)CCC3)c2ccccc21. The fourth-order valence-electron chi connectivity index (χ4n) is 3.88. The summed E-state index contributed by atoms with van der Waals surface area (Å²) in [5.41, 5.74) is 5.31. The summed E-state index contributed by atoms with van der Waals surface area (Å²) in [5, 5.41) is 2.97. The van der Waals surface area contributed by atoms with Gasteiger partial charge >= 0.3 is 5.69 Å². The predicted octanol–water partition coefficient (Wildman–Crippen LogP) is 3.34. The van der Waals surface area contributed by atoms with E-state index in [0.717, 1.165) is 29.6 Å².